The second-order valence-corrected chi connectivity index (χ2v) is 5.08. The zero-order valence-electron chi connectivity index (χ0n) is 10.6. The normalized spacial score (nSPS) is 23.9. The van der Waals surface area contributed by atoms with Gasteiger partial charge in [0.2, 0.25) is 0 Å². The summed E-state index contributed by atoms with van der Waals surface area (Å²) >= 11 is 0. The number of hydrogen-bond donors (Lipinski definition) is 2. The van der Waals surface area contributed by atoms with Crippen LogP contribution in [0.3, 0.4) is 0 Å². The van der Waals surface area contributed by atoms with Gasteiger partial charge in [-0.15, -0.1) is 0 Å². The number of hydrogen-bond acceptors (Lipinski definition) is 3. The summed E-state index contributed by atoms with van der Waals surface area (Å²) in [5, 5.41) is 12.7. The molecule has 2 atom stereocenters. The van der Waals surface area contributed by atoms with Crippen molar-refractivity contribution in [2.45, 2.75) is 19.4 Å². The second kappa shape index (κ2) is 4.71. The maximum Gasteiger partial charge on any atom is 0.114 e. The van der Waals surface area contributed by atoms with Gasteiger partial charge >= 0.3 is 0 Å². The Hall–Kier alpha value is -1.39. The molecule has 1 aromatic carbocycles. The van der Waals surface area contributed by atoms with Gasteiger partial charge in [-0.1, -0.05) is 19.1 Å². The molecule has 1 fully saturated rings. The van der Waals surface area contributed by atoms with Crippen LogP contribution in [0.4, 0.5) is 0 Å². The largest absolute Gasteiger partial charge is 0.395 e. The Kier molecular flexibility index (Phi) is 3.06. The van der Waals surface area contributed by atoms with Crippen molar-refractivity contribution in [3.05, 3.63) is 30.1 Å². The molecular weight excluding hydrogens is 226 g/mol. The van der Waals surface area contributed by atoms with E-state index in [-0.39, 0.29) is 6.61 Å². The van der Waals surface area contributed by atoms with Crippen LogP contribution >= 0.6 is 0 Å². The van der Waals surface area contributed by atoms with E-state index in [1.165, 1.54) is 0 Å². The number of aliphatic hydroxyl groups is 1. The van der Waals surface area contributed by atoms with Crippen LogP contribution in [0, 0.1) is 5.92 Å². The Morgan fingerprint density at radius 2 is 2.22 bits per heavy atom. The van der Waals surface area contributed by atoms with Crippen molar-refractivity contribution in [3.63, 3.8) is 0 Å². The minimum absolute atomic E-state index is 0.155. The van der Waals surface area contributed by atoms with E-state index in [0.29, 0.717) is 18.4 Å². The van der Waals surface area contributed by atoms with Crippen molar-refractivity contribution >= 4 is 11.0 Å². The summed E-state index contributed by atoms with van der Waals surface area (Å²) in [6, 6.07) is 8.16. The average Bonchev–Trinajstić information content (AvgIpc) is 2.94. The van der Waals surface area contributed by atoms with Crippen LogP contribution in [-0.4, -0.2) is 34.4 Å². The Morgan fingerprint density at radius 3 is 2.94 bits per heavy atom. The number of benzene rings is 1. The molecule has 2 heterocycles. The quantitative estimate of drug-likeness (QED) is 0.858. The zero-order chi connectivity index (χ0) is 12.5. The lowest BCUT2D eigenvalue weighted by molar-refractivity contribution is 0.274. The highest BCUT2D eigenvalue weighted by Crippen LogP contribution is 2.29. The lowest BCUT2D eigenvalue weighted by Crippen LogP contribution is -2.16. The van der Waals surface area contributed by atoms with Crippen LogP contribution in [0.5, 0.6) is 0 Å². The third kappa shape index (κ3) is 1.82. The van der Waals surface area contributed by atoms with Gasteiger partial charge in [-0.25, -0.2) is 4.98 Å². The highest BCUT2D eigenvalue weighted by molar-refractivity contribution is 5.76. The highest BCUT2D eigenvalue weighted by Gasteiger charge is 2.29. The standard InChI is InChI=1S/C14H19N3O/c1-10-8-15-9-11(10)14-16-12-4-2-3-5-13(12)17(14)6-7-18/h2-5,10-11,15,18H,6-9H2,1H3/t10-,11-/m1/s1. The Bertz CT molecular complexity index is 549. The maximum absolute atomic E-state index is 9.27. The van der Waals surface area contributed by atoms with Gasteiger partial charge in [-0.2, -0.15) is 0 Å². The Labute approximate surface area is 107 Å². The number of fused-ring (bicyclic) bond motifs is 1. The molecule has 18 heavy (non-hydrogen) atoms. The Balaban J connectivity index is 2.12. The molecule has 3 rings (SSSR count). The third-order valence-corrected chi connectivity index (χ3v) is 3.86. The summed E-state index contributed by atoms with van der Waals surface area (Å²) in [6.07, 6.45) is 0. The lowest BCUT2D eigenvalue weighted by Gasteiger charge is -2.16. The van der Waals surface area contributed by atoms with E-state index in [1.54, 1.807) is 0 Å². The highest BCUT2D eigenvalue weighted by atomic mass is 16.3. The van der Waals surface area contributed by atoms with E-state index >= 15 is 0 Å². The summed E-state index contributed by atoms with van der Waals surface area (Å²) in [5.74, 6) is 2.16. The first-order chi connectivity index (χ1) is 8.81. The molecule has 0 radical (unpaired) electrons. The zero-order valence-corrected chi connectivity index (χ0v) is 10.6. The fraction of sp³-hybridized carbons (Fsp3) is 0.500. The molecule has 1 saturated heterocycles. The second-order valence-electron chi connectivity index (χ2n) is 5.08. The molecule has 0 unspecified atom stereocenters. The smallest absolute Gasteiger partial charge is 0.114 e. The van der Waals surface area contributed by atoms with Gasteiger partial charge in [0.15, 0.2) is 0 Å². The molecule has 4 nitrogen and oxygen atoms in total. The molecule has 0 aliphatic carbocycles. The van der Waals surface area contributed by atoms with Crippen LogP contribution in [-0.2, 0) is 6.54 Å². The summed E-state index contributed by atoms with van der Waals surface area (Å²) in [4.78, 5) is 4.78. The number of aliphatic hydroxyl groups excluding tert-OH is 1. The van der Waals surface area contributed by atoms with Crippen LogP contribution in [0.15, 0.2) is 24.3 Å². The summed E-state index contributed by atoms with van der Waals surface area (Å²) in [7, 11) is 0. The molecule has 4 heteroatoms. The van der Waals surface area contributed by atoms with Gasteiger partial charge in [0.25, 0.3) is 0 Å². The number of para-hydroxylation sites is 2. The van der Waals surface area contributed by atoms with Crippen molar-refractivity contribution in [2.24, 2.45) is 5.92 Å². The molecule has 2 aromatic rings. The predicted octanol–water partition coefficient (Wildman–Crippen LogP) is 1.35. The third-order valence-electron chi connectivity index (χ3n) is 3.86. The van der Waals surface area contributed by atoms with E-state index in [4.69, 9.17) is 4.98 Å². The minimum Gasteiger partial charge on any atom is -0.395 e. The number of aromatic nitrogens is 2. The monoisotopic (exact) mass is 245 g/mol. The molecule has 1 aliphatic heterocycles. The maximum atomic E-state index is 9.27. The molecule has 0 amide bonds. The predicted molar refractivity (Wildman–Crippen MR) is 71.6 cm³/mol. The average molecular weight is 245 g/mol. The van der Waals surface area contributed by atoms with Gasteiger partial charge in [-0.3, -0.25) is 0 Å². The van der Waals surface area contributed by atoms with Crippen LogP contribution in [0.2, 0.25) is 0 Å². The summed E-state index contributed by atoms with van der Waals surface area (Å²) in [5.41, 5.74) is 2.15. The molecule has 0 spiro atoms. The summed E-state index contributed by atoms with van der Waals surface area (Å²) < 4.78 is 2.17. The fourth-order valence-corrected chi connectivity index (χ4v) is 2.87. The van der Waals surface area contributed by atoms with Gasteiger partial charge in [-0.05, 0) is 24.6 Å². The molecule has 96 valence electrons. The van der Waals surface area contributed by atoms with E-state index in [0.717, 1.165) is 29.9 Å². The molecule has 1 aromatic heterocycles. The lowest BCUT2D eigenvalue weighted by atomic mass is 9.97. The molecule has 1 aliphatic rings. The Morgan fingerprint density at radius 1 is 1.39 bits per heavy atom. The molecule has 0 bridgehead atoms. The van der Waals surface area contributed by atoms with E-state index in [1.807, 2.05) is 18.2 Å². The molecule has 2 N–H and O–H groups in total. The first-order valence-electron chi connectivity index (χ1n) is 6.58. The van der Waals surface area contributed by atoms with E-state index < -0.39 is 0 Å². The minimum atomic E-state index is 0.155. The number of rotatable bonds is 3. The first-order valence-corrected chi connectivity index (χ1v) is 6.58. The molecular formula is C14H19N3O. The van der Waals surface area contributed by atoms with Crippen molar-refractivity contribution in [1.29, 1.82) is 0 Å². The topological polar surface area (TPSA) is 50.1 Å². The van der Waals surface area contributed by atoms with E-state index in [9.17, 15) is 5.11 Å². The first kappa shape index (κ1) is 11.7. The van der Waals surface area contributed by atoms with E-state index in [2.05, 4.69) is 22.9 Å². The van der Waals surface area contributed by atoms with Crippen LogP contribution < -0.4 is 5.32 Å². The van der Waals surface area contributed by atoms with Crippen LogP contribution in [0.1, 0.15) is 18.7 Å². The number of nitrogens with one attached hydrogen (secondary N) is 1. The van der Waals surface area contributed by atoms with Crippen molar-refractivity contribution in [3.8, 4) is 0 Å². The summed E-state index contributed by atoms with van der Waals surface area (Å²) in [6.45, 7) is 5.07. The van der Waals surface area contributed by atoms with Crippen molar-refractivity contribution in [2.75, 3.05) is 19.7 Å². The van der Waals surface area contributed by atoms with Gasteiger partial charge in [0.05, 0.1) is 17.6 Å². The van der Waals surface area contributed by atoms with Gasteiger partial charge < -0.3 is 15.0 Å². The van der Waals surface area contributed by atoms with Gasteiger partial charge in [0, 0.05) is 19.0 Å². The number of nitrogens with zero attached hydrogens (tertiary/aromatic N) is 2. The SMILES string of the molecule is C[C@@H]1CNC[C@H]1c1nc2ccccc2n1CCO. The van der Waals surface area contributed by atoms with Crippen LogP contribution in [0.25, 0.3) is 11.0 Å². The molecule has 0 saturated carbocycles. The van der Waals surface area contributed by atoms with Crippen molar-refractivity contribution in [1.82, 2.24) is 14.9 Å². The number of imidazole rings is 1. The fourth-order valence-electron chi connectivity index (χ4n) is 2.87. The van der Waals surface area contributed by atoms with Gasteiger partial charge in [0.1, 0.15) is 5.82 Å². The van der Waals surface area contributed by atoms with Crippen molar-refractivity contribution < 1.29 is 5.11 Å².